The lowest BCUT2D eigenvalue weighted by Gasteiger charge is -2.22. The van der Waals surface area contributed by atoms with E-state index in [0.717, 1.165) is 50.6 Å². The standard InChI is InChI=1S/C17H19F3N4O/c18-17(19,20)16-2-1-13(11-23-16)24-15-7-14(9-21-10-15)22-8-12-3-5-25-6-4-12/h1-2,7,9-12,22,24H,3-6,8H2. The molecule has 2 N–H and O–H groups in total. The molecule has 3 heterocycles. The van der Waals surface area contributed by atoms with E-state index in [1.54, 1.807) is 12.4 Å². The van der Waals surface area contributed by atoms with E-state index in [4.69, 9.17) is 4.74 Å². The fourth-order valence-corrected chi connectivity index (χ4v) is 2.62. The predicted octanol–water partition coefficient (Wildman–Crippen LogP) is 4.08. The van der Waals surface area contributed by atoms with Gasteiger partial charge in [0.15, 0.2) is 0 Å². The zero-order valence-electron chi connectivity index (χ0n) is 13.5. The number of halogens is 3. The van der Waals surface area contributed by atoms with Gasteiger partial charge in [0.2, 0.25) is 0 Å². The number of aromatic nitrogens is 2. The predicted molar refractivity (Wildman–Crippen MR) is 88.8 cm³/mol. The molecular weight excluding hydrogens is 333 g/mol. The van der Waals surface area contributed by atoms with E-state index in [0.29, 0.717) is 17.3 Å². The van der Waals surface area contributed by atoms with Gasteiger partial charge in [0.1, 0.15) is 5.69 Å². The number of nitrogens with zero attached hydrogens (tertiary/aromatic N) is 2. The summed E-state index contributed by atoms with van der Waals surface area (Å²) < 4.78 is 42.9. The van der Waals surface area contributed by atoms with E-state index >= 15 is 0 Å². The lowest BCUT2D eigenvalue weighted by molar-refractivity contribution is -0.141. The summed E-state index contributed by atoms with van der Waals surface area (Å²) in [6, 6.07) is 4.16. The van der Waals surface area contributed by atoms with Gasteiger partial charge in [-0.3, -0.25) is 4.98 Å². The maximum absolute atomic E-state index is 12.5. The molecule has 0 spiro atoms. The summed E-state index contributed by atoms with van der Waals surface area (Å²) in [6.45, 7) is 2.44. The van der Waals surface area contributed by atoms with Gasteiger partial charge in [-0.25, -0.2) is 4.98 Å². The monoisotopic (exact) mass is 352 g/mol. The first-order valence-corrected chi connectivity index (χ1v) is 8.07. The zero-order valence-corrected chi connectivity index (χ0v) is 13.5. The molecule has 0 aliphatic carbocycles. The molecule has 134 valence electrons. The summed E-state index contributed by atoms with van der Waals surface area (Å²) in [5, 5.41) is 6.36. The van der Waals surface area contributed by atoms with Crippen LogP contribution in [0.1, 0.15) is 18.5 Å². The molecule has 1 aliphatic heterocycles. The zero-order chi connectivity index (χ0) is 17.7. The van der Waals surface area contributed by atoms with Crippen molar-refractivity contribution in [2.24, 2.45) is 5.92 Å². The Morgan fingerprint density at radius 2 is 1.80 bits per heavy atom. The number of ether oxygens (including phenoxy) is 1. The largest absolute Gasteiger partial charge is 0.433 e. The highest BCUT2D eigenvalue weighted by Gasteiger charge is 2.32. The Morgan fingerprint density at radius 1 is 1.04 bits per heavy atom. The summed E-state index contributed by atoms with van der Waals surface area (Å²) in [6.07, 6.45) is 2.12. The minimum Gasteiger partial charge on any atom is -0.383 e. The van der Waals surface area contributed by atoms with Gasteiger partial charge in [-0.1, -0.05) is 0 Å². The lowest BCUT2D eigenvalue weighted by Crippen LogP contribution is -2.22. The smallest absolute Gasteiger partial charge is 0.383 e. The van der Waals surface area contributed by atoms with Crippen LogP contribution in [0.5, 0.6) is 0 Å². The van der Waals surface area contributed by atoms with Crippen molar-refractivity contribution in [2.75, 3.05) is 30.4 Å². The number of hydrogen-bond acceptors (Lipinski definition) is 5. The van der Waals surface area contributed by atoms with E-state index in [2.05, 4.69) is 20.6 Å². The highest BCUT2D eigenvalue weighted by Crippen LogP contribution is 2.28. The molecule has 1 fully saturated rings. The molecule has 2 aromatic heterocycles. The summed E-state index contributed by atoms with van der Waals surface area (Å²) in [7, 11) is 0. The van der Waals surface area contributed by atoms with E-state index in [9.17, 15) is 13.2 Å². The quantitative estimate of drug-likeness (QED) is 0.849. The second-order valence-electron chi connectivity index (χ2n) is 5.95. The van der Waals surface area contributed by atoms with Crippen LogP contribution in [0.4, 0.5) is 30.2 Å². The van der Waals surface area contributed by atoms with Gasteiger partial charge >= 0.3 is 6.18 Å². The van der Waals surface area contributed by atoms with Gasteiger partial charge in [0.25, 0.3) is 0 Å². The molecule has 3 rings (SSSR count). The van der Waals surface area contributed by atoms with Crippen molar-refractivity contribution in [3.05, 3.63) is 42.5 Å². The van der Waals surface area contributed by atoms with Crippen LogP contribution in [0.15, 0.2) is 36.8 Å². The van der Waals surface area contributed by atoms with Crippen molar-refractivity contribution in [2.45, 2.75) is 19.0 Å². The Bertz CT molecular complexity index is 685. The van der Waals surface area contributed by atoms with E-state index in [1.165, 1.54) is 6.07 Å². The molecule has 0 aromatic carbocycles. The highest BCUT2D eigenvalue weighted by atomic mass is 19.4. The van der Waals surface area contributed by atoms with Crippen LogP contribution in [0.25, 0.3) is 0 Å². The van der Waals surface area contributed by atoms with Crippen molar-refractivity contribution in [3.63, 3.8) is 0 Å². The second-order valence-corrected chi connectivity index (χ2v) is 5.95. The SMILES string of the molecule is FC(F)(F)c1ccc(Nc2cncc(NCC3CCOCC3)c2)cn1. The first-order valence-electron chi connectivity index (χ1n) is 8.07. The Morgan fingerprint density at radius 3 is 2.48 bits per heavy atom. The molecule has 8 heteroatoms. The summed E-state index contributed by atoms with van der Waals surface area (Å²) in [5.41, 5.74) is 1.09. The van der Waals surface area contributed by atoms with Crippen LogP contribution >= 0.6 is 0 Å². The topological polar surface area (TPSA) is 59.1 Å². The highest BCUT2D eigenvalue weighted by molar-refractivity contribution is 5.62. The van der Waals surface area contributed by atoms with Crippen molar-refractivity contribution in [1.29, 1.82) is 0 Å². The normalized spacial score (nSPS) is 15.8. The van der Waals surface area contributed by atoms with Crippen LogP contribution in [-0.4, -0.2) is 29.7 Å². The third kappa shape index (κ3) is 5.06. The molecule has 0 saturated carbocycles. The Hall–Kier alpha value is -2.35. The lowest BCUT2D eigenvalue weighted by atomic mass is 10.0. The van der Waals surface area contributed by atoms with Crippen LogP contribution in [-0.2, 0) is 10.9 Å². The summed E-state index contributed by atoms with van der Waals surface area (Å²) in [5.74, 6) is 0.574. The van der Waals surface area contributed by atoms with Crippen molar-refractivity contribution < 1.29 is 17.9 Å². The van der Waals surface area contributed by atoms with E-state index < -0.39 is 11.9 Å². The van der Waals surface area contributed by atoms with E-state index in [-0.39, 0.29) is 0 Å². The number of hydrogen-bond donors (Lipinski definition) is 2. The first kappa shape index (κ1) is 17.5. The molecule has 0 radical (unpaired) electrons. The summed E-state index contributed by atoms with van der Waals surface area (Å²) in [4.78, 5) is 7.58. The average molecular weight is 352 g/mol. The van der Waals surface area contributed by atoms with Gasteiger partial charge in [0, 0.05) is 19.8 Å². The third-order valence-electron chi connectivity index (χ3n) is 4.02. The van der Waals surface area contributed by atoms with Crippen LogP contribution in [0.3, 0.4) is 0 Å². The number of rotatable bonds is 5. The van der Waals surface area contributed by atoms with Gasteiger partial charge in [0.05, 0.1) is 35.7 Å². The maximum Gasteiger partial charge on any atom is 0.433 e. The first-order chi connectivity index (χ1) is 12.0. The number of alkyl halides is 3. The van der Waals surface area contributed by atoms with Crippen molar-refractivity contribution >= 4 is 17.1 Å². The maximum atomic E-state index is 12.5. The van der Waals surface area contributed by atoms with Gasteiger partial charge in [-0.2, -0.15) is 13.2 Å². The number of pyridine rings is 2. The Balaban J connectivity index is 1.59. The average Bonchev–Trinajstić information content (AvgIpc) is 2.61. The molecule has 0 atom stereocenters. The number of anilines is 3. The molecule has 5 nitrogen and oxygen atoms in total. The fraction of sp³-hybridized carbons (Fsp3) is 0.412. The third-order valence-corrected chi connectivity index (χ3v) is 4.02. The molecule has 1 saturated heterocycles. The molecule has 0 amide bonds. The van der Waals surface area contributed by atoms with Gasteiger partial charge in [-0.15, -0.1) is 0 Å². The van der Waals surface area contributed by atoms with Crippen LogP contribution in [0.2, 0.25) is 0 Å². The molecule has 1 aliphatic rings. The van der Waals surface area contributed by atoms with Crippen molar-refractivity contribution in [3.8, 4) is 0 Å². The minimum atomic E-state index is -4.44. The fourth-order valence-electron chi connectivity index (χ4n) is 2.62. The Kier molecular flexibility index (Phi) is 5.37. The number of nitrogens with one attached hydrogen (secondary N) is 2. The molecular formula is C17H19F3N4O. The van der Waals surface area contributed by atoms with Crippen LogP contribution in [0, 0.1) is 5.92 Å². The van der Waals surface area contributed by atoms with Gasteiger partial charge in [-0.05, 0) is 37.0 Å². The molecule has 25 heavy (non-hydrogen) atoms. The summed E-state index contributed by atoms with van der Waals surface area (Å²) >= 11 is 0. The molecule has 2 aromatic rings. The molecule has 0 bridgehead atoms. The van der Waals surface area contributed by atoms with Crippen LogP contribution < -0.4 is 10.6 Å². The van der Waals surface area contributed by atoms with Crippen molar-refractivity contribution in [1.82, 2.24) is 9.97 Å². The second kappa shape index (κ2) is 7.69. The van der Waals surface area contributed by atoms with E-state index in [1.807, 2.05) is 6.07 Å². The molecule has 0 unspecified atom stereocenters. The Labute approximate surface area is 143 Å². The van der Waals surface area contributed by atoms with Gasteiger partial charge < -0.3 is 15.4 Å². The minimum absolute atomic E-state index is 0.469.